The lowest BCUT2D eigenvalue weighted by Crippen LogP contribution is -2.07. The van der Waals surface area contributed by atoms with Crippen molar-refractivity contribution in [2.45, 2.75) is 19.4 Å². The normalized spacial score (nSPS) is 10.8. The second-order valence-corrected chi connectivity index (χ2v) is 6.01. The van der Waals surface area contributed by atoms with Crippen LogP contribution in [-0.4, -0.2) is 20.5 Å². The number of pyridine rings is 1. The predicted molar refractivity (Wildman–Crippen MR) is 84.8 cm³/mol. The quantitative estimate of drug-likeness (QED) is 0.669. The van der Waals surface area contributed by atoms with Crippen molar-refractivity contribution >= 4 is 40.0 Å². The number of rotatable bonds is 5. The van der Waals surface area contributed by atoms with Gasteiger partial charge in [0, 0.05) is 29.0 Å². The van der Waals surface area contributed by atoms with E-state index in [-0.39, 0.29) is 19.0 Å². The van der Waals surface area contributed by atoms with Gasteiger partial charge in [0.1, 0.15) is 16.6 Å². The average Bonchev–Trinajstić information content (AvgIpc) is 2.96. The summed E-state index contributed by atoms with van der Waals surface area (Å²) >= 11 is 6.91. The van der Waals surface area contributed by atoms with Crippen LogP contribution in [0.3, 0.4) is 0 Å². The summed E-state index contributed by atoms with van der Waals surface area (Å²) in [6.07, 6.45) is 0.799. The average molecular weight is 334 g/mol. The van der Waals surface area contributed by atoms with Gasteiger partial charge in [-0.2, -0.15) is 0 Å². The SMILES string of the molecule is O=C(CCc1ccc2ccccc2n1)OCc1nnsc1Cl. The Hall–Kier alpha value is -2.05. The van der Waals surface area contributed by atoms with Crippen LogP contribution < -0.4 is 0 Å². The highest BCUT2D eigenvalue weighted by atomic mass is 35.5. The number of esters is 1. The van der Waals surface area contributed by atoms with Crippen LogP contribution in [0.2, 0.25) is 4.34 Å². The van der Waals surface area contributed by atoms with Crippen molar-refractivity contribution in [1.29, 1.82) is 0 Å². The Balaban J connectivity index is 1.54. The van der Waals surface area contributed by atoms with E-state index >= 15 is 0 Å². The van der Waals surface area contributed by atoms with E-state index in [0.717, 1.165) is 28.1 Å². The number of fused-ring (bicyclic) bond motifs is 1. The molecular weight excluding hydrogens is 322 g/mol. The van der Waals surface area contributed by atoms with Gasteiger partial charge in [0.2, 0.25) is 0 Å². The number of ether oxygens (including phenoxy) is 1. The highest BCUT2D eigenvalue weighted by Crippen LogP contribution is 2.18. The summed E-state index contributed by atoms with van der Waals surface area (Å²) < 4.78 is 9.26. The van der Waals surface area contributed by atoms with Gasteiger partial charge in [-0.05, 0) is 12.1 Å². The largest absolute Gasteiger partial charge is 0.459 e. The van der Waals surface area contributed by atoms with Crippen molar-refractivity contribution in [2.75, 3.05) is 0 Å². The number of hydrogen-bond acceptors (Lipinski definition) is 6. The molecule has 0 spiro atoms. The molecule has 5 nitrogen and oxygen atoms in total. The minimum atomic E-state index is -0.306. The highest BCUT2D eigenvalue weighted by molar-refractivity contribution is 7.10. The van der Waals surface area contributed by atoms with Gasteiger partial charge in [-0.25, -0.2) is 0 Å². The Morgan fingerprint density at radius 2 is 2.09 bits per heavy atom. The second-order valence-electron chi connectivity index (χ2n) is 4.65. The van der Waals surface area contributed by atoms with Crippen molar-refractivity contribution in [2.24, 2.45) is 0 Å². The predicted octanol–water partition coefficient (Wildman–Crippen LogP) is 3.42. The molecule has 22 heavy (non-hydrogen) atoms. The number of aryl methyl sites for hydroxylation is 1. The molecule has 112 valence electrons. The first-order chi connectivity index (χ1) is 10.7. The Kier molecular flexibility index (Phi) is 4.60. The van der Waals surface area contributed by atoms with Crippen LogP contribution in [0.4, 0.5) is 0 Å². The van der Waals surface area contributed by atoms with E-state index in [4.69, 9.17) is 16.3 Å². The Bertz CT molecular complexity index is 806. The lowest BCUT2D eigenvalue weighted by molar-refractivity contribution is -0.145. The van der Waals surface area contributed by atoms with E-state index in [9.17, 15) is 4.79 Å². The van der Waals surface area contributed by atoms with Gasteiger partial charge in [0.15, 0.2) is 0 Å². The molecule has 0 bridgehead atoms. The summed E-state index contributed by atoms with van der Waals surface area (Å²) in [5.41, 5.74) is 2.28. The monoisotopic (exact) mass is 333 g/mol. The molecule has 7 heteroatoms. The summed E-state index contributed by atoms with van der Waals surface area (Å²) in [6, 6.07) is 11.8. The molecule has 2 aromatic heterocycles. The van der Waals surface area contributed by atoms with Gasteiger partial charge in [-0.3, -0.25) is 9.78 Å². The van der Waals surface area contributed by atoms with E-state index < -0.39 is 0 Å². The summed E-state index contributed by atoms with van der Waals surface area (Å²) in [4.78, 5) is 16.3. The number of benzene rings is 1. The van der Waals surface area contributed by atoms with Crippen LogP contribution in [0.15, 0.2) is 36.4 Å². The summed E-state index contributed by atoms with van der Waals surface area (Å²) in [7, 11) is 0. The van der Waals surface area contributed by atoms with Crippen LogP contribution in [0.1, 0.15) is 17.8 Å². The maximum atomic E-state index is 11.7. The maximum Gasteiger partial charge on any atom is 0.306 e. The number of hydrogen-bond donors (Lipinski definition) is 0. The van der Waals surface area contributed by atoms with E-state index in [1.807, 2.05) is 36.4 Å². The molecule has 0 fully saturated rings. The van der Waals surface area contributed by atoms with E-state index in [1.54, 1.807) is 0 Å². The fourth-order valence-electron chi connectivity index (χ4n) is 1.98. The van der Waals surface area contributed by atoms with Crippen LogP contribution in [0, 0.1) is 0 Å². The number of nitrogens with zero attached hydrogens (tertiary/aromatic N) is 3. The van der Waals surface area contributed by atoms with Crippen molar-refractivity contribution in [3.8, 4) is 0 Å². The molecule has 0 saturated heterocycles. The van der Waals surface area contributed by atoms with E-state index in [0.29, 0.717) is 16.5 Å². The standard InChI is InChI=1S/C15H12ClN3O2S/c16-15-13(18-19-22-15)9-21-14(20)8-7-11-6-5-10-3-1-2-4-12(10)17-11/h1-6H,7-9H2. The van der Waals surface area contributed by atoms with E-state index in [2.05, 4.69) is 14.6 Å². The highest BCUT2D eigenvalue weighted by Gasteiger charge is 2.10. The number of carbonyl (C=O) groups is 1. The molecule has 0 N–H and O–H groups in total. The third kappa shape index (κ3) is 3.58. The fraction of sp³-hybridized carbons (Fsp3) is 0.200. The first-order valence-electron chi connectivity index (χ1n) is 6.69. The van der Waals surface area contributed by atoms with Crippen molar-refractivity contribution in [3.05, 3.63) is 52.1 Å². The van der Waals surface area contributed by atoms with Gasteiger partial charge in [-0.1, -0.05) is 40.4 Å². The topological polar surface area (TPSA) is 65.0 Å². The van der Waals surface area contributed by atoms with Gasteiger partial charge >= 0.3 is 5.97 Å². The smallest absolute Gasteiger partial charge is 0.306 e. The molecule has 2 heterocycles. The van der Waals surface area contributed by atoms with Crippen molar-refractivity contribution in [3.63, 3.8) is 0 Å². The van der Waals surface area contributed by atoms with Crippen molar-refractivity contribution in [1.82, 2.24) is 14.6 Å². The van der Waals surface area contributed by atoms with Crippen LogP contribution in [0.5, 0.6) is 0 Å². The van der Waals surface area contributed by atoms with Gasteiger partial charge in [0.05, 0.1) is 11.9 Å². The first-order valence-corrected chi connectivity index (χ1v) is 7.84. The number of para-hydroxylation sites is 1. The van der Waals surface area contributed by atoms with Crippen LogP contribution >= 0.6 is 23.1 Å². The summed E-state index contributed by atoms with van der Waals surface area (Å²) in [5.74, 6) is -0.306. The Morgan fingerprint density at radius 3 is 2.91 bits per heavy atom. The van der Waals surface area contributed by atoms with Gasteiger partial charge in [0.25, 0.3) is 0 Å². The zero-order valence-electron chi connectivity index (χ0n) is 11.5. The molecule has 3 rings (SSSR count). The Morgan fingerprint density at radius 1 is 1.23 bits per heavy atom. The fourth-order valence-corrected chi connectivity index (χ4v) is 2.58. The second kappa shape index (κ2) is 6.81. The summed E-state index contributed by atoms with van der Waals surface area (Å²) in [6.45, 7) is 0.0549. The zero-order valence-corrected chi connectivity index (χ0v) is 13.1. The third-order valence-electron chi connectivity index (χ3n) is 3.12. The zero-order chi connectivity index (χ0) is 15.4. The molecule has 3 aromatic rings. The molecule has 1 aromatic carbocycles. The molecule has 0 aliphatic rings. The molecule has 0 saturated carbocycles. The number of halogens is 1. The summed E-state index contributed by atoms with van der Waals surface area (Å²) in [5, 5.41) is 4.87. The third-order valence-corrected chi connectivity index (χ3v) is 4.11. The molecule has 0 atom stereocenters. The Labute approximate surface area is 136 Å². The lowest BCUT2D eigenvalue weighted by atomic mass is 10.1. The van der Waals surface area contributed by atoms with E-state index in [1.165, 1.54) is 0 Å². The molecule has 0 amide bonds. The molecule has 0 aliphatic heterocycles. The minimum absolute atomic E-state index is 0.0549. The number of aromatic nitrogens is 3. The van der Waals surface area contributed by atoms with Crippen LogP contribution in [-0.2, 0) is 22.6 Å². The minimum Gasteiger partial charge on any atom is -0.459 e. The molecule has 0 aliphatic carbocycles. The number of carbonyl (C=O) groups excluding carboxylic acids is 1. The van der Waals surface area contributed by atoms with Gasteiger partial charge < -0.3 is 4.74 Å². The molecule has 0 radical (unpaired) electrons. The van der Waals surface area contributed by atoms with Crippen molar-refractivity contribution < 1.29 is 9.53 Å². The molecule has 0 unspecified atom stereocenters. The lowest BCUT2D eigenvalue weighted by Gasteiger charge is -2.04. The molecular formula is C15H12ClN3O2S. The maximum absolute atomic E-state index is 11.7. The first kappa shape index (κ1) is 14.9. The van der Waals surface area contributed by atoms with Gasteiger partial charge in [-0.15, -0.1) is 5.10 Å². The van der Waals surface area contributed by atoms with Crippen LogP contribution in [0.25, 0.3) is 10.9 Å².